The molecule has 15 heteroatoms. The first-order valence-electron chi connectivity index (χ1n) is 7.02. The Morgan fingerprint density at radius 1 is 0.862 bits per heavy atom. The molecule has 0 aliphatic carbocycles. The number of nitro groups is 2. The molecular weight excluding hydrogens is 443 g/mol. The molecule has 2 rings (SSSR count). The van der Waals surface area contributed by atoms with Crippen molar-refractivity contribution in [1.29, 1.82) is 0 Å². The normalized spacial score (nSPS) is 11.8. The third kappa shape index (κ3) is 5.66. The summed E-state index contributed by atoms with van der Waals surface area (Å²) in [7, 11) is -11.1. The SMILES string of the molecule is O=[N+]([O-])c1cc(C=Cc2ccccc2)c(S(=O)(=O)O)c(S(=O)(=O)O)c1[N+](=O)[O-].[H-].[Na+]. The molecule has 0 saturated heterocycles. The van der Waals surface area contributed by atoms with E-state index >= 15 is 0 Å². The molecule has 12 nitrogen and oxygen atoms in total. The van der Waals surface area contributed by atoms with Crippen molar-refractivity contribution >= 4 is 43.8 Å². The summed E-state index contributed by atoms with van der Waals surface area (Å²) in [5.74, 6) is 0. The smallest absolute Gasteiger partial charge is 1.00 e. The number of nitrogens with zero attached hydrogens (tertiary/aromatic N) is 2. The Morgan fingerprint density at radius 2 is 1.38 bits per heavy atom. The van der Waals surface area contributed by atoms with Crippen LogP contribution in [0.5, 0.6) is 0 Å². The molecule has 0 bridgehead atoms. The van der Waals surface area contributed by atoms with Gasteiger partial charge in [0, 0.05) is 11.6 Å². The van der Waals surface area contributed by atoms with Crippen LogP contribution in [0.2, 0.25) is 0 Å². The zero-order valence-corrected chi connectivity index (χ0v) is 18.1. The van der Waals surface area contributed by atoms with E-state index in [1.54, 1.807) is 30.3 Å². The molecule has 0 aliphatic rings. The minimum Gasteiger partial charge on any atom is -1.00 e. The van der Waals surface area contributed by atoms with Gasteiger partial charge in [-0.15, -0.1) is 0 Å². The van der Waals surface area contributed by atoms with Gasteiger partial charge in [-0.2, -0.15) is 16.8 Å². The minimum atomic E-state index is -5.67. The third-order valence-corrected chi connectivity index (χ3v) is 5.37. The second kappa shape index (κ2) is 9.08. The monoisotopic (exact) mass is 454 g/mol. The predicted molar refractivity (Wildman–Crippen MR) is 95.9 cm³/mol. The molecule has 0 spiro atoms. The van der Waals surface area contributed by atoms with Gasteiger partial charge in [-0.05, 0) is 5.56 Å². The van der Waals surface area contributed by atoms with Crippen molar-refractivity contribution in [2.45, 2.75) is 9.79 Å². The Morgan fingerprint density at radius 3 is 1.79 bits per heavy atom. The average Bonchev–Trinajstić information content (AvgIpc) is 2.57. The van der Waals surface area contributed by atoms with Crippen molar-refractivity contribution in [3.63, 3.8) is 0 Å². The number of hydrogen-bond donors (Lipinski definition) is 2. The second-order valence-corrected chi connectivity index (χ2v) is 7.92. The van der Waals surface area contributed by atoms with E-state index in [0.717, 1.165) is 6.08 Å². The fraction of sp³-hybridized carbons (Fsp3) is 0. The van der Waals surface area contributed by atoms with Crippen LogP contribution in [-0.2, 0) is 20.2 Å². The maximum atomic E-state index is 11.7. The molecule has 0 fully saturated rings. The van der Waals surface area contributed by atoms with Crippen LogP contribution in [0.1, 0.15) is 12.6 Å². The second-order valence-electron chi connectivity index (χ2n) is 5.20. The van der Waals surface area contributed by atoms with Crippen LogP contribution in [0, 0.1) is 20.2 Å². The summed E-state index contributed by atoms with van der Waals surface area (Å²) in [6, 6.07) is 8.38. The summed E-state index contributed by atoms with van der Waals surface area (Å²) in [5.41, 5.74) is -3.48. The van der Waals surface area contributed by atoms with Crippen LogP contribution >= 0.6 is 0 Å². The minimum absolute atomic E-state index is 0. The van der Waals surface area contributed by atoms with Gasteiger partial charge in [-0.3, -0.25) is 29.3 Å². The van der Waals surface area contributed by atoms with Gasteiger partial charge >= 0.3 is 51.1 Å². The van der Waals surface area contributed by atoms with Crippen LogP contribution in [-0.4, -0.2) is 35.8 Å². The van der Waals surface area contributed by atoms with Gasteiger partial charge in [0.2, 0.25) is 4.90 Å². The van der Waals surface area contributed by atoms with Gasteiger partial charge in [-0.25, -0.2) is 0 Å². The van der Waals surface area contributed by atoms with Crippen LogP contribution in [0.15, 0.2) is 46.2 Å². The average molecular weight is 454 g/mol. The quantitative estimate of drug-likeness (QED) is 0.185. The molecule has 0 unspecified atom stereocenters. The van der Waals surface area contributed by atoms with Crippen LogP contribution in [0.3, 0.4) is 0 Å². The first-order chi connectivity index (χ1) is 12.8. The zero-order valence-electron chi connectivity index (χ0n) is 15.5. The zero-order chi connectivity index (χ0) is 21.3. The number of rotatable bonds is 6. The van der Waals surface area contributed by atoms with Crippen LogP contribution in [0.25, 0.3) is 12.2 Å². The molecule has 2 aromatic rings. The molecular formula is C14H11N2NaO10S2. The molecule has 0 atom stereocenters. The number of nitro benzene ring substituents is 2. The van der Waals surface area contributed by atoms with Gasteiger partial charge in [0.25, 0.3) is 10.1 Å². The summed E-state index contributed by atoms with van der Waals surface area (Å²) in [4.78, 5) is 16.1. The number of benzene rings is 2. The molecule has 0 aromatic heterocycles. The van der Waals surface area contributed by atoms with Crippen molar-refractivity contribution in [2.24, 2.45) is 0 Å². The van der Waals surface area contributed by atoms with Crippen molar-refractivity contribution in [3.8, 4) is 0 Å². The van der Waals surface area contributed by atoms with Crippen molar-refractivity contribution in [2.75, 3.05) is 0 Å². The van der Waals surface area contributed by atoms with Crippen molar-refractivity contribution in [3.05, 3.63) is 67.8 Å². The Hall–Kier alpha value is -2.20. The molecule has 2 N–H and O–H groups in total. The van der Waals surface area contributed by atoms with Gasteiger partial charge in [0.1, 0.15) is 4.90 Å². The molecule has 0 heterocycles. The summed E-state index contributed by atoms with van der Waals surface area (Å²) >= 11 is 0. The first kappa shape index (κ1) is 24.8. The summed E-state index contributed by atoms with van der Waals surface area (Å²) in [6.45, 7) is 0. The molecule has 0 aliphatic heterocycles. The predicted octanol–water partition coefficient (Wildman–Crippen LogP) is -0.717. The van der Waals surface area contributed by atoms with E-state index in [-0.39, 0.29) is 31.0 Å². The third-order valence-electron chi connectivity index (χ3n) is 3.37. The van der Waals surface area contributed by atoms with Crippen molar-refractivity contribution in [1.82, 2.24) is 0 Å². The molecule has 0 saturated carbocycles. The van der Waals surface area contributed by atoms with Gasteiger partial charge in [0.15, 0.2) is 0 Å². The van der Waals surface area contributed by atoms with E-state index < -0.39 is 56.8 Å². The first-order valence-corrected chi connectivity index (χ1v) is 9.90. The van der Waals surface area contributed by atoms with Crippen molar-refractivity contribution < 1.29 is 66.8 Å². The maximum absolute atomic E-state index is 11.7. The summed E-state index contributed by atoms with van der Waals surface area (Å²) < 4.78 is 65.5. The Labute approximate surface area is 187 Å². The largest absolute Gasteiger partial charge is 1.00 e. The van der Waals surface area contributed by atoms with Crippen LogP contribution in [0.4, 0.5) is 11.4 Å². The van der Waals surface area contributed by atoms with Gasteiger partial charge in [-0.1, -0.05) is 42.5 Å². The topological polar surface area (TPSA) is 195 Å². The molecule has 2 aromatic carbocycles. The molecule has 29 heavy (non-hydrogen) atoms. The summed E-state index contributed by atoms with van der Waals surface area (Å²) in [5, 5.41) is 22.4. The van der Waals surface area contributed by atoms with Gasteiger partial charge < -0.3 is 1.43 Å². The van der Waals surface area contributed by atoms with E-state index in [2.05, 4.69) is 0 Å². The summed E-state index contributed by atoms with van der Waals surface area (Å²) in [6.07, 6.45) is 2.11. The maximum Gasteiger partial charge on any atom is 1.00 e. The van der Waals surface area contributed by atoms with E-state index in [1.165, 1.54) is 6.08 Å². The molecule has 0 amide bonds. The Bertz CT molecular complexity index is 1220. The van der Waals surface area contributed by atoms with E-state index in [9.17, 15) is 46.2 Å². The molecule has 0 radical (unpaired) electrons. The Balaban J connectivity index is 0.00000420. The van der Waals surface area contributed by atoms with E-state index in [4.69, 9.17) is 0 Å². The van der Waals surface area contributed by atoms with E-state index in [1.807, 2.05) is 0 Å². The van der Waals surface area contributed by atoms with Gasteiger partial charge in [0.05, 0.1) is 9.85 Å². The fourth-order valence-electron chi connectivity index (χ4n) is 2.33. The Kier molecular flexibility index (Phi) is 7.78. The van der Waals surface area contributed by atoms with E-state index in [0.29, 0.717) is 11.6 Å². The van der Waals surface area contributed by atoms with Crippen LogP contribution < -0.4 is 29.6 Å². The standard InChI is InChI=1S/C14H10N2O10S2.Na.H/c17-15(18)11-8-10(7-6-9-4-2-1-3-5-9)13(27(21,22)23)14(28(24,25)26)12(11)16(19)20;;/h1-8H,(H,21,22,23)(H,24,25,26);;/q;+1;-1. The number of hydrogen-bond acceptors (Lipinski definition) is 8. The molecule has 150 valence electrons. The fourth-order valence-corrected chi connectivity index (χ4v) is 4.49.